The lowest BCUT2D eigenvalue weighted by Crippen LogP contribution is -2.13. The molecule has 0 radical (unpaired) electrons. The monoisotopic (exact) mass is 362 g/mol. The molecule has 1 aromatic rings. The number of benzene rings is 1. The topological polar surface area (TPSA) is 96.4 Å². The summed E-state index contributed by atoms with van der Waals surface area (Å²) in [6.07, 6.45) is 6.83. The summed E-state index contributed by atoms with van der Waals surface area (Å²) in [4.78, 5) is 24.2. The van der Waals surface area contributed by atoms with Crippen LogP contribution in [0.1, 0.15) is 55.5 Å². The van der Waals surface area contributed by atoms with Crippen LogP contribution in [0, 0.1) is 0 Å². The zero-order chi connectivity index (χ0) is 19.1. The molecule has 2 aliphatic rings. The van der Waals surface area contributed by atoms with E-state index in [0.717, 1.165) is 18.9 Å². The maximum absolute atomic E-state index is 12.2. The van der Waals surface area contributed by atoms with E-state index in [9.17, 15) is 19.8 Å². The quantitative estimate of drug-likeness (QED) is 0.543. The fourth-order valence-corrected chi connectivity index (χ4v) is 2.79. The highest BCUT2D eigenvalue weighted by Crippen LogP contribution is 2.31. The molecule has 0 spiro atoms. The number of carbonyl (C=O) groups is 2. The molecule has 6 heteroatoms. The molecule has 26 heavy (non-hydrogen) atoms. The first-order valence-electron chi connectivity index (χ1n) is 9.03. The Labute approximate surface area is 153 Å². The highest BCUT2D eigenvalue weighted by molar-refractivity contribution is 5.98. The summed E-state index contributed by atoms with van der Waals surface area (Å²) in [6.45, 7) is 4.43. The number of ether oxygens (including phenoxy) is 2. The van der Waals surface area contributed by atoms with Gasteiger partial charge < -0.3 is 19.7 Å². The van der Waals surface area contributed by atoms with E-state index in [1.54, 1.807) is 6.08 Å². The number of fused-ring (bicyclic) bond motifs is 2. The zero-order valence-corrected chi connectivity index (χ0v) is 15.2. The van der Waals surface area contributed by atoms with Crippen molar-refractivity contribution in [1.82, 2.24) is 0 Å². The van der Waals surface area contributed by atoms with Gasteiger partial charge in [-0.25, -0.2) is 4.79 Å². The summed E-state index contributed by atoms with van der Waals surface area (Å²) in [7, 11) is 0. The Bertz CT molecular complexity index is 679. The zero-order valence-electron chi connectivity index (χ0n) is 15.2. The number of rotatable bonds is 0. The first-order chi connectivity index (χ1) is 12.5. The molecule has 1 saturated heterocycles. The number of epoxide rings is 1. The van der Waals surface area contributed by atoms with E-state index >= 15 is 0 Å². The van der Waals surface area contributed by atoms with Crippen molar-refractivity contribution in [3.05, 3.63) is 35.4 Å². The van der Waals surface area contributed by atoms with Crippen LogP contribution in [0.5, 0.6) is 11.5 Å². The van der Waals surface area contributed by atoms with Gasteiger partial charge in [0.1, 0.15) is 17.1 Å². The number of phenols is 2. The first kappa shape index (κ1) is 20.0. The molecule has 0 bridgehead atoms. The van der Waals surface area contributed by atoms with Gasteiger partial charge in [0, 0.05) is 18.9 Å². The average molecular weight is 362 g/mol. The second-order valence-corrected chi connectivity index (χ2v) is 6.47. The van der Waals surface area contributed by atoms with E-state index in [1.807, 2.05) is 0 Å². The van der Waals surface area contributed by atoms with Gasteiger partial charge in [-0.2, -0.15) is 0 Å². The van der Waals surface area contributed by atoms with Gasteiger partial charge in [-0.05, 0) is 30.5 Å². The molecule has 1 fully saturated rings. The van der Waals surface area contributed by atoms with Crippen molar-refractivity contribution in [3.8, 4) is 11.5 Å². The maximum atomic E-state index is 12.2. The number of cyclic esters (lactones) is 1. The number of aromatic hydroxyl groups is 2. The van der Waals surface area contributed by atoms with Crippen molar-refractivity contribution >= 4 is 11.8 Å². The molecule has 3 rings (SSSR count). The van der Waals surface area contributed by atoms with E-state index in [0.29, 0.717) is 6.42 Å². The number of esters is 1. The van der Waals surface area contributed by atoms with Gasteiger partial charge in [-0.1, -0.05) is 26.3 Å². The largest absolute Gasteiger partial charge is 0.508 e. The molecular formula is C20H26O6. The first-order valence-corrected chi connectivity index (χ1v) is 9.03. The molecule has 0 aromatic heterocycles. The fourth-order valence-electron chi connectivity index (χ4n) is 2.79. The van der Waals surface area contributed by atoms with Crippen molar-refractivity contribution in [2.24, 2.45) is 0 Å². The molecule has 0 aliphatic carbocycles. The van der Waals surface area contributed by atoms with E-state index < -0.39 is 11.7 Å². The van der Waals surface area contributed by atoms with Crippen LogP contribution in [0.4, 0.5) is 0 Å². The van der Waals surface area contributed by atoms with Gasteiger partial charge in [-0.15, -0.1) is 0 Å². The van der Waals surface area contributed by atoms with Crippen molar-refractivity contribution < 1.29 is 29.3 Å². The lowest BCUT2D eigenvalue weighted by Gasteiger charge is -2.11. The minimum absolute atomic E-state index is 0.0742. The lowest BCUT2D eigenvalue weighted by atomic mass is 10.00. The third kappa shape index (κ3) is 5.59. The number of hydrogen-bond acceptors (Lipinski definition) is 6. The number of ketones is 1. The molecule has 2 heterocycles. The summed E-state index contributed by atoms with van der Waals surface area (Å²) >= 11 is 0. The number of allylic oxidation sites excluding steroid dienone is 2. The van der Waals surface area contributed by atoms with Gasteiger partial charge in [0.15, 0.2) is 5.78 Å². The normalized spacial score (nSPS) is 24.1. The summed E-state index contributed by atoms with van der Waals surface area (Å²) in [5, 5.41) is 19.5. The molecule has 0 saturated carbocycles. The molecule has 0 amide bonds. The predicted molar refractivity (Wildman–Crippen MR) is 96.4 cm³/mol. The van der Waals surface area contributed by atoms with Gasteiger partial charge in [-0.3, -0.25) is 4.79 Å². The maximum Gasteiger partial charge on any atom is 0.342 e. The Morgan fingerprint density at radius 2 is 1.81 bits per heavy atom. The number of carbonyl (C=O) groups excluding carboxylic acids is 2. The van der Waals surface area contributed by atoms with Crippen molar-refractivity contribution in [2.45, 2.75) is 58.2 Å². The van der Waals surface area contributed by atoms with Crippen LogP contribution < -0.4 is 0 Å². The summed E-state index contributed by atoms with van der Waals surface area (Å²) in [5.74, 6) is -1.52. The molecule has 2 atom stereocenters. The smallest absolute Gasteiger partial charge is 0.342 e. The minimum atomic E-state index is -0.705. The van der Waals surface area contributed by atoms with E-state index in [4.69, 9.17) is 9.47 Å². The van der Waals surface area contributed by atoms with Gasteiger partial charge in [0.05, 0.1) is 18.8 Å². The summed E-state index contributed by atoms with van der Waals surface area (Å²) in [6, 6.07) is 2.36. The van der Waals surface area contributed by atoms with Gasteiger partial charge in [0.25, 0.3) is 0 Å². The average Bonchev–Trinajstić information content (AvgIpc) is 3.29. The van der Waals surface area contributed by atoms with Crippen LogP contribution in [0.15, 0.2) is 24.3 Å². The second-order valence-electron chi connectivity index (χ2n) is 6.47. The highest BCUT2D eigenvalue weighted by atomic mass is 16.6. The molecule has 2 N–H and O–H groups in total. The van der Waals surface area contributed by atoms with Crippen molar-refractivity contribution in [3.63, 3.8) is 0 Å². The fraction of sp³-hybridized carbons (Fsp3) is 0.500. The Hall–Kier alpha value is -2.34. The van der Waals surface area contributed by atoms with Crippen LogP contribution >= 0.6 is 0 Å². The van der Waals surface area contributed by atoms with Crippen LogP contribution in [-0.4, -0.2) is 40.8 Å². The van der Waals surface area contributed by atoms with Crippen LogP contribution in [0.25, 0.3) is 0 Å². The van der Waals surface area contributed by atoms with Crippen LogP contribution in [0.3, 0.4) is 0 Å². The number of hydrogen-bond donors (Lipinski definition) is 2. The van der Waals surface area contributed by atoms with E-state index in [-0.39, 0.29) is 47.9 Å². The van der Waals surface area contributed by atoms with Crippen LogP contribution in [-0.2, 0) is 20.7 Å². The molecule has 6 nitrogen and oxygen atoms in total. The van der Waals surface area contributed by atoms with Crippen molar-refractivity contribution in [1.29, 1.82) is 0 Å². The van der Waals surface area contributed by atoms with Gasteiger partial charge >= 0.3 is 5.97 Å². The van der Waals surface area contributed by atoms with Crippen LogP contribution in [0.2, 0.25) is 0 Å². The molecule has 2 aliphatic heterocycles. The SMILES string of the molecule is CCC.O=C1/C=C/CCC2OC2CCOC(=O)c2c(O)cc(O)cc2C1. The Morgan fingerprint density at radius 3 is 2.54 bits per heavy atom. The summed E-state index contributed by atoms with van der Waals surface area (Å²) < 4.78 is 10.6. The lowest BCUT2D eigenvalue weighted by molar-refractivity contribution is -0.114. The summed E-state index contributed by atoms with van der Waals surface area (Å²) in [5.41, 5.74) is 0.176. The molecule has 142 valence electrons. The predicted octanol–water partition coefficient (Wildman–Crippen LogP) is 3.29. The highest BCUT2D eigenvalue weighted by Gasteiger charge is 2.37. The Kier molecular flexibility index (Phi) is 7.21. The third-order valence-corrected chi connectivity index (χ3v) is 4.00. The second kappa shape index (κ2) is 9.38. The molecule has 2 unspecified atom stereocenters. The molecular weight excluding hydrogens is 336 g/mol. The Morgan fingerprint density at radius 1 is 1.12 bits per heavy atom. The number of phenolic OH excluding ortho intramolecular Hbond substituents is 2. The van der Waals surface area contributed by atoms with Gasteiger partial charge in [0.2, 0.25) is 0 Å². The minimum Gasteiger partial charge on any atom is -0.508 e. The standard InChI is InChI=1S/C17H18O6.C3H8/c18-11-3-1-2-4-14-15(23-14)5-6-22-17(21)16-10(7-11)8-12(19)9-13(16)20;1-3-2/h1,3,8-9,14-15,19-20H,2,4-7H2;3H2,1-2H3/b3-1+;. The third-order valence-electron chi connectivity index (χ3n) is 4.00. The van der Waals surface area contributed by atoms with E-state index in [1.165, 1.54) is 18.6 Å². The molecule has 1 aromatic carbocycles. The van der Waals surface area contributed by atoms with Crippen molar-refractivity contribution in [2.75, 3.05) is 6.61 Å². The Balaban J connectivity index is 0.000000758. The van der Waals surface area contributed by atoms with E-state index in [2.05, 4.69) is 13.8 Å².